The number of H-pyrrole nitrogens is 1. The van der Waals surface area contributed by atoms with Crippen LogP contribution < -0.4 is 5.73 Å². The average Bonchev–Trinajstić information content (AvgIpc) is 2.81. The van der Waals surface area contributed by atoms with Crippen molar-refractivity contribution in [3.8, 4) is 11.4 Å². The molecular formula is C11H9N5. The quantitative estimate of drug-likeness (QED) is 0.599. The summed E-state index contributed by atoms with van der Waals surface area (Å²) in [4.78, 5) is 0. The van der Waals surface area contributed by atoms with Crippen LogP contribution in [0.2, 0.25) is 0 Å². The molecule has 78 valence electrons. The van der Waals surface area contributed by atoms with Crippen molar-refractivity contribution in [2.24, 2.45) is 0 Å². The van der Waals surface area contributed by atoms with E-state index in [0.29, 0.717) is 5.82 Å². The minimum absolute atomic E-state index is 0.593. The lowest BCUT2D eigenvalue weighted by atomic mass is 10.0. The lowest BCUT2D eigenvalue weighted by Gasteiger charge is -2.03. The third-order valence-electron chi connectivity index (χ3n) is 2.49. The highest BCUT2D eigenvalue weighted by molar-refractivity contribution is 5.96. The minimum atomic E-state index is 0.593. The number of nitrogens with two attached hydrogens (primary N) is 1. The molecule has 0 radical (unpaired) electrons. The Kier molecular flexibility index (Phi) is 1.83. The van der Waals surface area contributed by atoms with Crippen molar-refractivity contribution in [3.05, 3.63) is 36.4 Å². The fraction of sp³-hybridized carbons (Fsp3) is 0. The van der Waals surface area contributed by atoms with Crippen molar-refractivity contribution in [3.63, 3.8) is 0 Å². The van der Waals surface area contributed by atoms with Crippen LogP contribution >= 0.6 is 0 Å². The van der Waals surface area contributed by atoms with Gasteiger partial charge in [-0.1, -0.05) is 24.3 Å². The maximum Gasteiger partial charge on any atom is 0.205 e. The molecule has 0 aliphatic heterocycles. The van der Waals surface area contributed by atoms with Gasteiger partial charge in [-0.25, -0.2) is 0 Å². The van der Waals surface area contributed by atoms with Crippen LogP contribution in [0.5, 0.6) is 0 Å². The van der Waals surface area contributed by atoms with Gasteiger partial charge in [0.1, 0.15) is 0 Å². The number of tetrazole rings is 1. The number of hydrogen-bond acceptors (Lipinski definition) is 4. The molecule has 1 heterocycles. The Hall–Kier alpha value is -2.43. The van der Waals surface area contributed by atoms with E-state index in [4.69, 9.17) is 5.73 Å². The smallest absolute Gasteiger partial charge is 0.205 e. The largest absolute Gasteiger partial charge is 0.399 e. The Morgan fingerprint density at radius 3 is 2.88 bits per heavy atom. The molecule has 16 heavy (non-hydrogen) atoms. The number of nitrogens with one attached hydrogen (secondary N) is 1. The summed E-state index contributed by atoms with van der Waals surface area (Å²) in [5.41, 5.74) is 7.44. The minimum Gasteiger partial charge on any atom is -0.399 e. The first-order chi connectivity index (χ1) is 7.84. The van der Waals surface area contributed by atoms with Gasteiger partial charge in [0.05, 0.1) is 0 Å². The zero-order valence-electron chi connectivity index (χ0n) is 8.38. The maximum atomic E-state index is 5.74. The molecule has 0 atom stereocenters. The molecule has 0 saturated carbocycles. The first kappa shape index (κ1) is 8.84. The van der Waals surface area contributed by atoms with Crippen LogP contribution in [0.15, 0.2) is 36.4 Å². The fourth-order valence-corrected chi connectivity index (χ4v) is 1.77. The number of benzene rings is 2. The third-order valence-corrected chi connectivity index (χ3v) is 2.49. The Labute approximate surface area is 91.3 Å². The average molecular weight is 211 g/mol. The van der Waals surface area contributed by atoms with Gasteiger partial charge >= 0.3 is 0 Å². The molecule has 3 aromatic rings. The summed E-state index contributed by atoms with van der Waals surface area (Å²) in [5, 5.41) is 16.1. The molecule has 0 saturated heterocycles. The molecule has 0 bridgehead atoms. The highest BCUT2D eigenvalue weighted by Gasteiger charge is 2.07. The summed E-state index contributed by atoms with van der Waals surface area (Å²) < 4.78 is 0. The van der Waals surface area contributed by atoms with Crippen molar-refractivity contribution >= 4 is 16.5 Å². The molecular weight excluding hydrogens is 202 g/mol. The molecule has 5 nitrogen and oxygen atoms in total. The molecule has 3 rings (SSSR count). The summed E-state index contributed by atoms with van der Waals surface area (Å²) in [6, 6.07) is 11.7. The van der Waals surface area contributed by atoms with Crippen molar-refractivity contribution in [1.29, 1.82) is 0 Å². The molecule has 1 aromatic heterocycles. The number of hydrogen-bond donors (Lipinski definition) is 2. The predicted octanol–water partition coefficient (Wildman–Crippen LogP) is 1.60. The Morgan fingerprint density at radius 1 is 1.12 bits per heavy atom. The second-order valence-corrected chi connectivity index (χ2v) is 3.52. The van der Waals surface area contributed by atoms with Gasteiger partial charge < -0.3 is 5.73 Å². The summed E-state index contributed by atoms with van der Waals surface area (Å²) in [6.45, 7) is 0. The number of nitrogens with zero attached hydrogens (tertiary/aromatic N) is 3. The fourth-order valence-electron chi connectivity index (χ4n) is 1.77. The maximum absolute atomic E-state index is 5.74. The number of aromatic nitrogens is 4. The van der Waals surface area contributed by atoms with E-state index in [2.05, 4.69) is 20.6 Å². The highest BCUT2D eigenvalue weighted by atomic mass is 15.5. The monoisotopic (exact) mass is 211 g/mol. The Morgan fingerprint density at radius 2 is 2.06 bits per heavy atom. The van der Waals surface area contributed by atoms with Gasteiger partial charge in [0.25, 0.3) is 0 Å². The SMILES string of the molecule is Nc1ccc2c(-c3nn[nH]n3)cccc2c1. The van der Waals surface area contributed by atoms with E-state index in [9.17, 15) is 0 Å². The Bertz CT molecular complexity index is 630. The van der Waals surface area contributed by atoms with Gasteiger partial charge in [0.15, 0.2) is 0 Å². The zero-order chi connectivity index (χ0) is 11.0. The molecule has 0 spiro atoms. The topological polar surface area (TPSA) is 80.5 Å². The van der Waals surface area contributed by atoms with Crippen molar-refractivity contribution in [1.82, 2.24) is 20.6 Å². The first-order valence-electron chi connectivity index (χ1n) is 4.87. The van der Waals surface area contributed by atoms with Crippen LogP contribution in [-0.2, 0) is 0 Å². The normalized spacial score (nSPS) is 10.8. The zero-order valence-corrected chi connectivity index (χ0v) is 8.38. The van der Waals surface area contributed by atoms with E-state index in [1.54, 1.807) is 0 Å². The van der Waals surface area contributed by atoms with Crippen LogP contribution in [-0.4, -0.2) is 20.6 Å². The Balaban J connectivity index is 2.34. The van der Waals surface area contributed by atoms with Crippen molar-refractivity contribution < 1.29 is 0 Å². The number of nitrogen functional groups attached to an aromatic ring is 1. The number of anilines is 1. The van der Waals surface area contributed by atoms with E-state index in [-0.39, 0.29) is 0 Å². The predicted molar refractivity (Wildman–Crippen MR) is 61.5 cm³/mol. The summed E-state index contributed by atoms with van der Waals surface area (Å²) in [6.07, 6.45) is 0. The lowest BCUT2D eigenvalue weighted by Crippen LogP contribution is -1.87. The van der Waals surface area contributed by atoms with E-state index >= 15 is 0 Å². The van der Waals surface area contributed by atoms with E-state index < -0.39 is 0 Å². The summed E-state index contributed by atoms with van der Waals surface area (Å²) >= 11 is 0. The van der Waals surface area contributed by atoms with Crippen LogP contribution in [0.3, 0.4) is 0 Å². The van der Waals surface area contributed by atoms with Crippen molar-refractivity contribution in [2.75, 3.05) is 5.73 Å². The second-order valence-electron chi connectivity index (χ2n) is 3.52. The van der Waals surface area contributed by atoms with E-state index in [1.165, 1.54) is 0 Å². The summed E-state index contributed by atoms with van der Waals surface area (Å²) in [5.74, 6) is 0.593. The highest BCUT2D eigenvalue weighted by Crippen LogP contribution is 2.26. The van der Waals surface area contributed by atoms with E-state index in [0.717, 1.165) is 22.0 Å². The molecule has 0 unspecified atom stereocenters. The number of aromatic amines is 1. The third kappa shape index (κ3) is 1.30. The molecule has 0 fully saturated rings. The second kappa shape index (κ2) is 3.30. The molecule has 0 aliphatic rings. The van der Waals surface area contributed by atoms with Crippen LogP contribution in [0.25, 0.3) is 22.2 Å². The van der Waals surface area contributed by atoms with Crippen LogP contribution in [0, 0.1) is 0 Å². The van der Waals surface area contributed by atoms with Crippen LogP contribution in [0.1, 0.15) is 0 Å². The summed E-state index contributed by atoms with van der Waals surface area (Å²) in [7, 11) is 0. The van der Waals surface area contributed by atoms with Gasteiger partial charge in [-0.3, -0.25) is 0 Å². The molecule has 5 heteroatoms. The van der Waals surface area contributed by atoms with Crippen molar-refractivity contribution in [2.45, 2.75) is 0 Å². The molecule has 3 N–H and O–H groups in total. The van der Waals surface area contributed by atoms with Gasteiger partial charge in [-0.2, -0.15) is 5.21 Å². The number of rotatable bonds is 1. The van der Waals surface area contributed by atoms with Crippen LogP contribution in [0.4, 0.5) is 5.69 Å². The molecule has 0 aliphatic carbocycles. The first-order valence-corrected chi connectivity index (χ1v) is 4.87. The molecule has 2 aromatic carbocycles. The standard InChI is InChI=1S/C11H9N5/c12-8-4-5-9-7(6-8)2-1-3-10(9)11-13-15-16-14-11/h1-6H,12H2,(H,13,14,15,16). The molecule has 0 amide bonds. The van der Waals surface area contributed by atoms with E-state index in [1.807, 2.05) is 36.4 Å². The van der Waals surface area contributed by atoms with Gasteiger partial charge in [-0.05, 0) is 28.1 Å². The van der Waals surface area contributed by atoms with Gasteiger partial charge in [-0.15, -0.1) is 10.2 Å². The lowest BCUT2D eigenvalue weighted by molar-refractivity contribution is 0.881. The van der Waals surface area contributed by atoms with Gasteiger partial charge in [0.2, 0.25) is 5.82 Å². The van der Waals surface area contributed by atoms with Gasteiger partial charge in [0, 0.05) is 11.3 Å². The number of fused-ring (bicyclic) bond motifs is 1.